The third-order valence-electron chi connectivity index (χ3n) is 7.43. The first-order valence-electron chi connectivity index (χ1n) is 11.9. The maximum atomic E-state index is 12.8. The SMILES string of the molecule is C[C@]1(CN2CCCC2)CCCN1CCN1CCC[C@H](NS(=O)(=O)c2cccc(Br)c2)C1O. The minimum atomic E-state index is -3.68. The summed E-state index contributed by atoms with van der Waals surface area (Å²) in [7, 11) is -3.68. The fraction of sp³-hybridized carbons (Fsp3) is 0.739. The van der Waals surface area contributed by atoms with E-state index in [1.165, 1.54) is 38.8 Å². The lowest BCUT2D eigenvalue weighted by Gasteiger charge is -2.42. The Labute approximate surface area is 201 Å². The molecule has 3 saturated heterocycles. The molecule has 0 amide bonds. The highest BCUT2D eigenvalue weighted by molar-refractivity contribution is 9.10. The second-order valence-electron chi connectivity index (χ2n) is 9.85. The average Bonchev–Trinajstić information content (AvgIpc) is 3.38. The van der Waals surface area contributed by atoms with E-state index in [9.17, 15) is 13.5 Å². The molecule has 0 saturated carbocycles. The largest absolute Gasteiger partial charge is 0.377 e. The van der Waals surface area contributed by atoms with Crippen molar-refractivity contribution in [1.82, 2.24) is 19.4 Å². The number of hydrogen-bond donors (Lipinski definition) is 2. The van der Waals surface area contributed by atoms with Gasteiger partial charge in [-0.3, -0.25) is 9.80 Å². The van der Waals surface area contributed by atoms with E-state index in [0.29, 0.717) is 10.9 Å². The summed E-state index contributed by atoms with van der Waals surface area (Å²) in [6, 6.07) is 6.17. The van der Waals surface area contributed by atoms with Gasteiger partial charge in [-0.05, 0) is 83.3 Å². The summed E-state index contributed by atoms with van der Waals surface area (Å²) in [6.07, 6.45) is 5.77. The molecule has 2 N–H and O–H groups in total. The normalized spacial score (nSPS) is 30.8. The number of piperidine rings is 1. The van der Waals surface area contributed by atoms with E-state index in [1.807, 2.05) is 4.90 Å². The molecule has 3 atom stereocenters. The summed E-state index contributed by atoms with van der Waals surface area (Å²) in [5.74, 6) is 0. The van der Waals surface area contributed by atoms with Crippen molar-refractivity contribution in [2.45, 2.75) is 68.2 Å². The monoisotopic (exact) mass is 528 g/mol. The van der Waals surface area contributed by atoms with Gasteiger partial charge in [0, 0.05) is 36.2 Å². The van der Waals surface area contributed by atoms with Crippen LogP contribution >= 0.6 is 15.9 Å². The standard InChI is InChI=1S/C23H37BrN4O3S/c1-23(18-26-11-2-3-12-26)10-6-14-28(23)16-15-27-13-5-9-21(22(27)29)25-32(30,31)20-8-4-7-19(24)17-20/h4,7-8,17,21-22,25,29H,2-3,5-6,9-16,18H2,1H3/t21-,22?,23+/m0/s1. The van der Waals surface area contributed by atoms with Gasteiger partial charge in [0.05, 0.1) is 10.9 Å². The van der Waals surface area contributed by atoms with Crippen molar-refractivity contribution >= 4 is 26.0 Å². The molecule has 4 rings (SSSR count). The van der Waals surface area contributed by atoms with Crippen LogP contribution < -0.4 is 4.72 Å². The van der Waals surface area contributed by atoms with Gasteiger partial charge in [-0.15, -0.1) is 0 Å². The Hall–Kier alpha value is -0.550. The van der Waals surface area contributed by atoms with E-state index < -0.39 is 22.3 Å². The third-order valence-corrected chi connectivity index (χ3v) is 9.42. The molecule has 3 aliphatic rings. The van der Waals surface area contributed by atoms with E-state index in [2.05, 4.69) is 37.4 Å². The van der Waals surface area contributed by atoms with Crippen LogP contribution in [-0.2, 0) is 10.0 Å². The summed E-state index contributed by atoms with van der Waals surface area (Å²) in [4.78, 5) is 7.45. The molecule has 180 valence electrons. The lowest BCUT2D eigenvalue weighted by Crippen LogP contribution is -2.57. The molecule has 0 radical (unpaired) electrons. The van der Waals surface area contributed by atoms with Gasteiger partial charge in [-0.1, -0.05) is 22.0 Å². The lowest BCUT2D eigenvalue weighted by molar-refractivity contribution is -0.0489. The zero-order valence-electron chi connectivity index (χ0n) is 19.0. The first kappa shape index (κ1) is 24.6. The fourth-order valence-corrected chi connectivity index (χ4v) is 7.49. The number of sulfonamides is 1. The van der Waals surface area contributed by atoms with Gasteiger partial charge in [-0.2, -0.15) is 0 Å². The summed E-state index contributed by atoms with van der Waals surface area (Å²) in [5.41, 5.74) is 0.201. The van der Waals surface area contributed by atoms with Crippen molar-refractivity contribution in [2.24, 2.45) is 0 Å². The number of likely N-dealkylation sites (tertiary alicyclic amines) is 3. The Balaban J connectivity index is 1.34. The van der Waals surface area contributed by atoms with Crippen LogP contribution in [0.1, 0.15) is 45.4 Å². The van der Waals surface area contributed by atoms with Gasteiger partial charge in [0.2, 0.25) is 10.0 Å². The Bertz CT molecular complexity index is 880. The predicted molar refractivity (Wildman–Crippen MR) is 130 cm³/mol. The van der Waals surface area contributed by atoms with Crippen molar-refractivity contribution in [3.8, 4) is 0 Å². The minimum Gasteiger partial charge on any atom is -0.377 e. The third kappa shape index (κ3) is 5.74. The number of hydrogen-bond acceptors (Lipinski definition) is 6. The highest BCUT2D eigenvalue weighted by Gasteiger charge is 2.39. The number of aliphatic hydroxyl groups excluding tert-OH is 1. The number of rotatable bonds is 8. The topological polar surface area (TPSA) is 76.1 Å². The number of aliphatic hydroxyl groups is 1. The Morgan fingerprint density at radius 2 is 1.91 bits per heavy atom. The number of nitrogens with one attached hydrogen (secondary N) is 1. The van der Waals surface area contributed by atoms with Gasteiger partial charge >= 0.3 is 0 Å². The molecule has 32 heavy (non-hydrogen) atoms. The van der Waals surface area contributed by atoms with Gasteiger partial charge in [0.25, 0.3) is 0 Å². The van der Waals surface area contributed by atoms with Crippen molar-refractivity contribution in [2.75, 3.05) is 45.8 Å². The van der Waals surface area contributed by atoms with Gasteiger partial charge in [-0.25, -0.2) is 13.1 Å². The van der Waals surface area contributed by atoms with Crippen LogP contribution in [0.3, 0.4) is 0 Å². The molecule has 0 bridgehead atoms. The van der Waals surface area contributed by atoms with E-state index in [-0.39, 0.29) is 10.4 Å². The maximum Gasteiger partial charge on any atom is 0.240 e. The number of halogens is 1. The smallest absolute Gasteiger partial charge is 0.240 e. The van der Waals surface area contributed by atoms with E-state index in [0.717, 1.165) is 39.1 Å². The van der Waals surface area contributed by atoms with Crippen LogP contribution in [0.4, 0.5) is 0 Å². The van der Waals surface area contributed by atoms with Crippen LogP contribution in [0.15, 0.2) is 33.6 Å². The first-order chi connectivity index (χ1) is 15.3. The summed E-state index contributed by atoms with van der Waals surface area (Å²) >= 11 is 3.33. The summed E-state index contributed by atoms with van der Waals surface area (Å²) < 4.78 is 29.2. The van der Waals surface area contributed by atoms with E-state index in [4.69, 9.17) is 0 Å². The Morgan fingerprint density at radius 3 is 2.66 bits per heavy atom. The van der Waals surface area contributed by atoms with Crippen LogP contribution in [-0.4, -0.2) is 91.8 Å². The molecule has 0 aromatic heterocycles. The highest BCUT2D eigenvalue weighted by Crippen LogP contribution is 2.31. The van der Waals surface area contributed by atoms with Gasteiger partial charge in [0.15, 0.2) is 0 Å². The van der Waals surface area contributed by atoms with Gasteiger partial charge < -0.3 is 10.0 Å². The van der Waals surface area contributed by atoms with Crippen LogP contribution in [0.25, 0.3) is 0 Å². The fourth-order valence-electron chi connectivity index (χ4n) is 5.63. The van der Waals surface area contributed by atoms with Crippen molar-refractivity contribution in [1.29, 1.82) is 0 Å². The molecule has 3 heterocycles. The molecular formula is C23H37BrN4O3S. The van der Waals surface area contributed by atoms with Crippen molar-refractivity contribution in [3.63, 3.8) is 0 Å². The molecule has 3 aliphatic heterocycles. The zero-order chi connectivity index (χ0) is 22.8. The first-order valence-corrected chi connectivity index (χ1v) is 14.2. The second kappa shape index (κ2) is 10.4. The summed E-state index contributed by atoms with van der Waals surface area (Å²) in [6.45, 7) is 9.52. The number of nitrogens with zero attached hydrogens (tertiary/aromatic N) is 3. The zero-order valence-corrected chi connectivity index (χ0v) is 21.5. The average molecular weight is 530 g/mol. The molecule has 0 spiro atoms. The molecule has 7 nitrogen and oxygen atoms in total. The van der Waals surface area contributed by atoms with Gasteiger partial charge in [0.1, 0.15) is 6.23 Å². The molecule has 1 aromatic carbocycles. The Kier molecular flexibility index (Phi) is 7.97. The lowest BCUT2D eigenvalue weighted by atomic mass is 9.98. The van der Waals surface area contributed by atoms with Crippen LogP contribution in [0.2, 0.25) is 0 Å². The minimum absolute atomic E-state index is 0.201. The van der Waals surface area contributed by atoms with E-state index >= 15 is 0 Å². The second-order valence-corrected chi connectivity index (χ2v) is 12.5. The maximum absolute atomic E-state index is 12.8. The van der Waals surface area contributed by atoms with Crippen molar-refractivity contribution < 1.29 is 13.5 Å². The van der Waals surface area contributed by atoms with Crippen LogP contribution in [0.5, 0.6) is 0 Å². The quantitative estimate of drug-likeness (QED) is 0.539. The van der Waals surface area contributed by atoms with E-state index in [1.54, 1.807) is 24.3 Å². The molecule has 1 aromatic rings. The van der Waals surface area contributed by atoms with Crippen LogP contribution in [0, 0.1) is 0 Å². The molecule has 1 unspecified atom stereocenters. The van der Waals surface area contributed by atoms with Crippen molar-refractivity contribution in [3.05, 3.63) is 28.7 Å². The molecular weight excluding hydrogens is 492 g/mol. The summed E-state index contributed by atoms with van der Waals surface area (Å²) in [5, 5.41) is 11.0. The predicted octanol–water partition coefficient (Wildman–Crippen LogP) is 2.46. The molecule has 0 aliphatic carbocycles. The molecule has 3 fully saturated rings. The molecule has 9 heteroatoms. The Morgan fingerprint density at radius 1 is 1.12 bits per heavy atom. The highest BCUT2D eigenvalue weighted by atomic mass is 79.9. The number of benzene rings is 1.